The first-order chi connectivity index (χ1) is 13.6. The number of phenolic OH excluding ortho intramolecular Hbond substituents is 1. The molecular weight excluding hydrogens is 528 g/mol. The first-order valence-corrected chi connectivity index (χ1v) is 9.22. The molecule has 0 saturated heterocycles. The minimum absolute atomic E-state index is 0.0175. The maximum Gasteiger partial charge on any atom is 0.435 e. The Labute approximate surface area is 177 Å². The lowest BCUT2D eigenvalue weighted by molar-refractivity contribution is -0.141. The second-order valence-corrected chi connectivity index (χ2v) is 7.41. The summed E-state index contributed by atoms with van der Waals surface area (Å²) in [5.74, 6) is -0.918. The molecule has 0 radical (unpaired) electrons. The fourth-order valence-electron chi connectivity index (χ4n) is 2.60. The van der Waals surface area contributed by atoms with E-state index in [4.69, 9.17) is 16.0 Å². The molecule has 0 amide bonds. The van der Waals surface area contributed by atoms with E-state index in [0.717, 1.165) is 4.68 Å². The highest BCUT2D eigenvalue weighted by Gasteiger charge is 2.36. The van der Waals surface area contributed by atoms with Gasteiger partial charge in [-0.2, -0.15) is 18.3 Å². The minimum Gasteiger partial charge on any atom is -0.506 e. The second kappa shape index (κ2) is 6.99. The summed E-state index contributed by atoms with van der Waals surface area (Å²) in [4.78, 5) is 20.4. The number of halogens is 5. The van der Waals surface area contributed by atoms with Crippen LogP contribution in [0.1, 0.15) is 5.69 Å². The van der Waals surface area contributed by atoms with E-state index in [-0.39, 0.29) is 33.2 Å². The Hall–Kier alpha value is -2.67. The predicted octanol–water partition coefficient (Wildman–Crippen LogP) is 4.42. The van der Waals surface area contributed by atoms with Crippen LogP contribution in [0.2, 0.25) is 5.02 Å². The largest absolute Gasteiger partial charge is 0.506 e. The summed E-state index contributed by atoms with van der Waals surface area (Å²) < 4.78 is 46.3. The molecule has 29 heavy (non-hydrogen) atoms. The molecule has 0 atom stereocenters. The van der Waals surface area contributed by atoms with Gasteiger partial charge in [-0.05, 0) is 46.9 Å². The van der Waals surface area contributed by atoms with E-state index < -0.39 is 23.4 Å². The zero-order valence-electron chi connectivity index (χ0n) is 13.9. The van der Waals surface area contributed by atoms with Crippen molar-refractivity contribution in [2.45, 2.75) is 6.18 Å². The third-order valence-corrected chi connectivity index (χ3v) is 4.75. The summed E-state index contributed by atoms with van der Waals surface area (Å²) in [5.41, 5.74) is -2.57. The summed E-state index contributed by atoms with van der Waals surface area (Å²) >= 11 is 7.94. The van der Waals surface area contributed by atoms with Gasteiger partial charge in [0, 0.05) is 15.8 Å². The summed E-state index contributed by atoms with van der Waals surface area (Å²) in [5, 5.41) is 13.6. The third kappa shape index (κ3) is 3.55. The Kier molecular flexibility index (Phi) is 4.73. The lowest BCUT2D eigenvalue weighted by atomic mass is 10.2. The smallest absolute Gasteiger partial charge is 0.435 e. The highest BCUT2D eigenvalue weighted by molar-refractivity contribution is 14.1. The molecule has 3 aromatic heterocycles. The predicted molar refractivity (Wildman–Crippen MR) is 105 cm³/mol. The number of aromatic hydroxyl groups is 1. The molecule has 0 spiro atoms. The number of rotatable bonds is 2. The van der Waals surface area contributed by atoms with Crippen LogP contribution in [0, 0.1) is 3.57 Å². The fraction of sp³-hybridized carbons (Fsp3) is 0.0588. The molecule has 0 unspecified atom stereocenters. The van der Waals surface area contributed by atoms with Crippen LogP contribution in [0.25, 0.3) is 28.3 Å². The molecule has 4 aromatic rings. The first kappa shape index (κ1) is 19.6. The molecule has 0 aliphatic heterocycles. The van der Waals surface area contributed by atoms with Crippen LogP contribution in [0.5, 0.6) is 5.75 Å². The lowest BCUT2D eigenvalue weighted by Gasteiger charge is -2.08. The third-order valence-electron chi connectivity index (χ3n) is 3.84. The van der Waals surface area contributed by atoms with Crippen molar-refractivity contribution in [3.63, 3.8) is 0 Å². The molecule has 3 heterocycles. The molecule has 1 aromatic carbocycles. The Morgan fingerprint density at radius 3 is 2.69 bits per heavy atom. The van der Waals surface area contributed by atoms with Crippen molar-refractivity contribution in [3.8, 4) is 23.2 Å². The first-order valence-electron chi connectivity index (χ1n) is 7.77. The highest BCUT2D eigenvalue weighted by atomic mass is 127. The van der Waals surface area contributed by atoms with Crippen LogP contribution in [0.3, 0.4) is 0 Å². The highest BCUT2D eigenvalue weighted by Crippen LogP contribution is 2.34. The van der Waals surface area contributed by atoms with E-state index >= 15 is 0 Å². The molecule has 1 N–H and O–H groups in total. The number of phenols is 1. The molecule has 148 valence electrons. The number of hydrogen-bond acceptors (Lipinski definition) is 6. The quantitative estimate of drug-likeness (QED) is 0.383. The van der Waals surface area contributed by atoms with Gasteiger partial charge in [0.15, 0.2) is 11.5 Å². The van der Waals surface area contributed by atoms with Crippen molar-refractivity contribution in [1.82, 2.24) is 19.7 Å². The van der Waals surface area contributed by atoms with Crippen molar-refractivity contribution in [1.29, 1.82) is 0 Å². The van der Waals surface area contributed by atoms with E-state index in [1.54, 1.807) is 0 Å². The summed E-state index contributed by atoms with van der Waals surface area (Å²) in [6.45, 7) is 0. The molecule has 0 aliphatic rings. The standard InChI is InChI=1S/C17H7ClF3IN4O3/c18-9-2-1-3-23-14(9)26-10(6-12(25-26)17(19,20)21)15-24-13-8(16(28)29-15)4-7(22)5-11(13)27/h1-6,27H. The van der Waals surface area contributed by atoms with Gasteiger partial charge < -0.3 is 9.52 Å². The molecule has 0 aliphatic carbocycles. The number of hydrogen-bond donors (Lipinski definition) is 1. The van der Waals surface area contributed by atoms with Crippen LogP contribution < -0.4 is 5.63 Å². The number of nitrogens with zero attached hydrogens (tertiary/aromatic N) is 4. The summed E-state index contributed by atoms with van der Waals surface area (Å²) in [6.07, 6.45) is -3.46. The van der Waals surface area contributed by atoms with Gasteiger partial charge in [-0.3, -0.25) is 0 Å². The van der Waals surface area contributed by atoms with Gasteiger partial charge in [-0.1, -0.05) is 11.6 Å². The van der Waals surface area contributed by atoms with Crippen LogP contribution in [-0.2, 0) is 6.18 Å². The van der Waals surface area contributed by atoms with Gasteiger partial charge in [0.05, 0.1) is 10.4 Å². The topological polar surface area (TPSA) is 94.0 Å². The molecule has 0 fully saturated rings. The van der Waals surface area contributed by atoms with Gasteiger partial charge >= 0.3 is 11.8 Å². The Morgan fingerprint density at radius 1 is 1.24 bits per heavy atom. The van der Waals surface area contributed by atoms with Crippen LogP contribution in [0.15, 0.2) is 45.7 Å². The van der Waals surface area contributed by atoms with Gasteiger partial charge in [-0.15, -0.1) is 0 Å². The molecule has 7 nitrogen and oxygen atoms in total. The monoisotopic (exact) mass is 534 g/mol. The van der Waals surface area contributed by atoms with E-state index in [1.165, 1.54) is 30.5 Å². The van der Waals surface area contributed by atoms with Gasteiger partial charge in [0.1, 0.15) is 17.0 Å². The molecule has 12 heteroatoms. The zero-order chi connectivity index (χ0) is 20.9. The number of fused-ring (bicyclic) bond motifs is 1. The van der Waals surface area contributed by atoms with Gasteiger partial charge in [-0.25, -0.2) is 19.4 Å². The van der Waals surface area contributed by atoms with Crippen molar-refractivity contribution in [2.24, 2.45) is 0 Å². The average Bonchev–Trinajstić information content (AvgIpc) is 3.08. The Bertz CT molecular complexity index is 1320. The summed E-state index contributed by atoms with van der Waals surface area (Å²) in [7, 11) is 0. The normalized spacial score (nSPS) is 11.9. The molecule has 4 rings (SSSR count). The Balaban J connectivity index is 2.04. The van der Waals surface area contributed by atoms with Gasteiger partial charge in [0.25, 0.3) is 0 Å². The average molecular weight is 535 g/mol. The lowest BCUT2D eigenvalue weighted by Crippen LogP contribution is -2.09. The van der Waals surface area contributed by atoms with Crippen LogP contribution >= 0.6 is 34.2 Å². The van der Waals surface area contributed by atoms with E-state index in [9.17, 15) is 23.1 Å². The van der Waals surface area contributed by atoms with Crippen molar-refractivity contribution in [3.05, 3.63) is 61.2 Å². The number of aromatic nitrogens is 4. The van der Waals surface area contributed by atoms with E-state index in [0.29, 0.717) is 9.64 Å². The maximum atomic E-state index is 13.3. The Morgan fingerprint density at radius 2 is 2.00 bits per heavy atom. The molecule has 0 bridgehead atoms. The zero-order valence-corrected chi connectivity index (χ0v) is 16.8. The van der Waals surface area contributed by atoms with Crippen LogP contribution in [-0.4, -0.2) is 24.9 Å². The number of pyridine rings is 1. The number of benzene rings is 1. The van der Waals surface area contributed by atoms with E-state index in [2.05, 4.69) is 15.1 Å². The van der Waals surface area contributed by atoms with Crippen molar-refractivity contribution < 1.29 is 22.7 Å². The fourth-order valence-corrected chi connectivity index (χ4v) is 3.41. The maximum absolute atomic E-state index is 13.3. The van der Waals surface area contributed by atoms with E-state index in [1.807, 2.05) is 22.6 Å². The minimum atomic E-state index is -4.78. The molecule has 0 saturated carbocycles. The molecular formula is C17H7ClF3IN4O3. The van der Waals surface area contributed by atoms with Gasteiger partial charge in [0.2, 0.25) is 5.89 Å². The van der Waals surface area contributed by atoms with Crippen LogP contribution in [0.4, 0.5) is 13.2 Å². The summed E-state index contributed by atoms with van der Waals surface area (Å²) in [6, 6.07) is 6.36. The van der Waals surface area contributed by atoms with Crippen molar-refractivity contribution in [2.75, 3.05) is 0 Å². The SMILES string of the molecule is O=c1oc(-c2cc(C(F)(F)F)nn2-c2ncccc2Cl)nc2c(O)cc(I)cc12. The number of alkyl halides is 3. The van der Waals surface area contributed by atoms with Crippen molar-refractivity contribution >= 4 is 45.1 Å². The second-order valence-electron chi connectivity index (χ2n) is 5.76.